The molecule has 1 aliphatic rings. The van der Waals surface area contributed by atoms with Crippen molar-refractivity contribution in [1.82, 2.24) is 5.32 Å². The molecule has 3 rings (SSSR count). The Balaban J connectivity index is 0.00000171. The number of hydrogen-bond donors (Lipinski definition) is 2. The van der Waals surface area contributed by atoms with Gasteiger partial charge in [-0.05, 0) is 101 Å². The van der Waals surface area contributed by atoms with Crippen molar-refractivity contribution in [2.75, 3.05) is 11.9 Å². The van der Waals surface area contributed by atoms with Crippen LogP contribution in [0, 0.1) is 24.5 Å². The van der Waals surface area contributed by atoms with E-state index in [2.05, 4.69) is 39.5 Å². The molecule has 0 saturated carbocycles. The molecular weight excluding hydrogens is 590 g/mol. The van der Waals surface area contributed by atoms with E-state index in [4.69, 9.17) is 0 Å². The molecule has 2 aromatic carbocycles. The number of anilines is 1. The molecule has 47 heavy (non-hydrogen) atoms. The van der Waals surface area contributed by atoms with Crippen molar-refractivity contribution in [3.8, 4) is 0 Å². The summed E-state index contributed by atoms with van der Waals surface area (Å²) in [6.45, 7) is 19.7. The number of allylic oxidation sites excluding steroid dienone is 5. The lowest BCUT2D eigenvalue weighted by molar-refractivity contribution is 0.0952. The van der Waals surface area contributed by atoms with E-state index in [0.29, 0.717) is 41.4 Å². The highest BCUT2D eigenvalue weighted by Crippen LogP contribution is 2.23. The molecule has 0 aromatic heterocycles. The zero-order valence-corrected chi connectivity index (χ0v) is 29.9. The van der Waals surface area contributed by atoms with Gasteiger partial charge in [0.2, 0.25) is 0 Å². The Morgan fingerprint density at radius 2 is 1.70 bits per heavy atom. The first-order valence-corrected chi connectivity index (χ1v) is 16.9. The van der Waals surface area contributed by atoms with Crippen molar-refractivity contribution in [1.29, 1.82) is 0 Å². The van der Waals surface area contributed by atoms with Crippen LogP contribution in [0.25, 0.3) is 5.57 Å². The summed E-state index contributed by atoms with van der Waals surface area (Å²) < 4.78 is 28.2. The fraction of sp³-hybridized carbons (Fsp3) is 0.425. The van der Waals surface area contributed by atoms with E-state index >= 15 is 0 Å². The Morgan fingerprint density at radius 1 is 1.02 bits per heavy atom. The number of unbranched alkanes of at least 4 members (excludes halogenated alkanes) is 3. The summed E-state index contributed by atoms with van der Waals surface area (Å²) in [6.07, 6.45) is 18.9. The Hall–Kier alpha value is -4.13. The van der Waals surface area contributed by atoms with Crippen LogP contribution in [0.15, 0.2) is 83.2 Å². The summed E-state index contributed by atoms with van der Waals surface area (Å²) in [7, 11) is 0. The van der Waals surface area contributed by atoms with E-state index in [0.717, 1.165) is 36.9 Å². The summed E-state index contributed by atoms with van der Waals surface area (Å²) >= 11 is 0. The monoisotopic (exact) mass is 646 g/mol. The highest BCUT2D eigenvalue weighted by Gasteiger charge is 2.13. The number of amides is 1. The Bertz CT molecular complexity index is 1430. The van der Waals surface area contributed by atoms with E-state index in [9.17, 15) is 13.6 Å². The minimum absolute atomic E-state index is 0.0597. The van der Waals surface area contributed by atoms with Gasteiger partial charge in [0, 0.05) is 42.0 Å². The molecule has 0 saturated heterocycles. The van der Waals surface area contributed by atoms with Crippen molar-refractivity contribution in [2.45, 2.75) is 100 Å². The molecule has 1 aliphatic heterocycles. The Kier molecular flexibility index (Phi) is 20.2. The predicted molar refractivity (Wildman–Crippen MR) is 199 cm³/mol. The molecule has 1 heterocycles. The maximum atomic E-state index is 14.3. The number of carbonyl (C=O) groups is 1. The third-order valence-corrected chi connectivity index (χ3v) is 7.66. The van der Waals surface area contributed by atoms with Gasteiger partial charge in [-0.1, -0.05) is 77.0 Å². The van der Waals surface area contributed by atoms with Gasteiger partial charge in [0.25, 0.3) is 5.91 Å². The number of hydrogen-bond acceptors (Lipinski definition) is 4. The van der Waals surface area contributed by atoms with E-state index in [1.54, 1.807) is 26.0 Å². The predicted octanol–water partition coefficient (Wildman–Crippen LogP) is 11.2. The van der Waals surface area contributed by atoms with Gasteiger partial charge in [0.15, 0.2) is 11.6 Å². The molecule has 0 spiro atoms. The van der Waals surface area contributed by atoms with Crippen LogP contribution in [0.4, 0.5) is 14.5 Å². The van der Waals surface area contributed by atoms with Gasteiger partial charge >= 0.3 is 0 Å². The zero-order valence-electron chi connectivity index (χ0n) is 29.9. The lowest BCUT2D eigenvalue weighted by atomic mass is 9.97. The summed E-state index contributed by atoms with van der Waals surface area (Å²) in [6, 6.07) is 8.72. The van der Waals surface area contributed by atoms with Gasteiger partial charge in [0.05, 0.1) is 11.4 Å². The highest BCUT2D eigenvalue weighted by molar-refractivity contribution is 6.01. The lowest BCUT2D eigenvalue weighted by Gasteiger charge is -2.14. The average molecular weight is 647 g/mol. The third kappa shape index (κ3) is 14.4. The first-order chi connectivity index (χ1) is 22.6. The number of nitrogens with zero attached hydrogens (tertiary/aromatic N) is 2. The van der Waals surface area contributed by atoms with Crippen molar-refractivity contribution in [3.05, 3.63) is 107 Å². The molecule has 5 nitrogen and oxygen atoms in total. The maximum absolute atomic E-state index is 14.3. The molecule has 0 aliphatic carbocycles. The van der Waals surface area contributed by atoms with E-state index in [1.807, 2.05) is 71.2 Å². The van der Waals surface area contributed by atoms with Gasteiger partial charge in [-0.2, -0.15) is 0 Å². The summed E-state index contributed by atoms with van der Waals surface area (Å²) in [5, 5.41) is 6.30. The van der Waals surface area contributed by atoms with Gasteiger partial charge in [-0.15, -0.1) is 0 Å². The number of aryl methyl sites for hydroxylation is 2. The largest absolute Gasteiger partial charge is 0.355 e. The fourth-order valence-electron chi connectivity index (χ4n) is 4.65. The molecule has 1 unspecified atom stereocenters. The molecular formula is C40H56F2N4O. The lowest BCUT2D eigenvalue weighted by Crippen LogP contribution is -2.25. The van der Waals surface area contributed by atoms with Crippen molar-refractivity contribution in [2.24, 2.45) is 15.9 Å². The number of rotatable bonds is 14. The number of nitrogens with one attached hydrogen (secondary N) is 2. The molecule has 2 aromatic rings. The Morgan fingerprint density at radius 3 is 2.34 bits per heavy atom. The number of aliphatic imine (C=N–C) groups is 2. The van der Waals surface area contributed by atoms with Gasteiger partial charge in [0.1, 0.15) is 0 Å². The number of carbonyl (C=O) groups excluding carboxylic acids is 1. The van der Waals surface area contributed by atoms with Gasteiger partial charge in [-0.25, -0.2) is 8.78 Å². The van der Waals surface area contributed by atoms with Crippen molar-refractivity contribution < 1.29 is 13.6 Å². The van der Waals surface area contributed by atoms with Crippen molar-refractivity contribution >= 4 is 29.1 Å². The molecule has 2 N–H and O–H groups in total. The number of benzene rings is 2. The second kappa shape index (κ2) is 23.2. The molecule has 7 heteroatoms. The minimum Gasteiger partial charge on any atom is -0.355 e. The minimum atomic E-state index is -0.876. The van der Waals surface area contributed by atoms with E-state index in [-0.39, 0.29) is 17.0 Å². The van der Waals surface area contributed by atoms with E-state index in [1.165, 1.54) is 26.0 Å². The fourth-order valence-corrected chi connectivity index (χ4v) is 4.65. The van der Waals surface area contributed by atoms with Crippen LogP contribution in [0.2, 0.25) is 0 Å². The second-order valence-corrected chi connectivity index (χ2v) is 11.2. The second-order valence-electron chi connectivity index (χ2n) is 11.2. The first kappa shape index (κ1) is 40.9. The first-order valence-electron chi connectivity index (χ1n) is 16.9. The maximum Gasteiger partial charge on any atom is 0.251 e. The summed E-state index contributed by atoms with van der Waals surface area (Å²) in [4.78, 5) is 21.5. The van der Waals surface area contributed by atoms with Crippen LogP contribution in [-0.2, 0) is 6.42 Å². The summed E-state index contributed by atoms with van der Waals surface area (Å²) in [5.74, 6) is -1.21. The molecule has 1 amide bonds. The Labute approximate surface area is 282 Å². The average Bonchev–Trinajstić information content (AvgIpc) is 3.10. The zero-order chi connectivity index (χ0) is 35.2. The number of halogens is 2. The van der Waals surface area contributed by atoms with Crippen LogP contribution < -0.4 is 10.6 Å². The quantitative estimate of drug-likeness (QED) is 0.122. The molecule has 0 fully saturated rings. The van der Waals surface area contributed by atoms with Gasteiger partial charge in [-0.3, -0.25) is 14.8 Å². The van der Waals surface area contributed by atoms with Crippen LogP contribution in [0.5, 0.6) is 0 Å². The topological polar surface area (TPSA) is 65.8 Å². The molecule has 0 radical (unpaired) electrons. The summed E-state index contributed by atoms with van der Waals surface area (Å²) in [5.41, 5.74) is 4.50. The van der Waals surface area contributed by atoms with Gasteiger partial charge < -0.3 is 10.6 Å². The smallest absolute Gasteiger partial charge is 0.251 e. The third-order valence-electron chi connectivity index (χ3n) is 7.66. The van der Waals surface area contributed by atoms with Crippen LogP contribution in [-0.4, -0.2) is 24.4 Å². The van der Waals surface area contributed by atoms with Crippen LogP contribution >= 0.6 is 0 Å². The molecule has 0 bridgehead atoms. The van der Waals surface area contributed by atoms with Crippen molar-refractivity contribution in [3.63, 3.8) is 0 Å². The van der Waals surface area contributed by atoms with E-state index < -0.39 is 11.6 Å². The highest BCUT2D eigenvalue weighted by atomic mass is 19.2. The SMILES string of the molecule is C/C=C\C.C=C(Nc1ccc(C(=O)NCCCCCCC2C=NC=CC2)c(CC)c1)C(C)=N/C=C(\C)c1ccc(C)c(F)c1F.CC. The van der Waals surface area contributed by atoms with Crippen LogP contribution in [0.1, 0.15) is 114 Å². The van der Waals surface area contributed by atoms with Crippen LogP contribution in [0.3, 0.4) is 0 Å². The molecule has 1 atom stereocenters. The molecule has 256 valence electrons. The standard InChI is InChI=1S/C34H42F2N4O.C4H8.C2H6/c1-6-28-20-29(40-26(5)25(4)39-21-24(3)30-16-14-23(2)32(35)33(30)36)15-17-31(28)34(41)38-19-10-8-7-9-12-27-13-11-18-37-22-27;1-3-4-2;1-2/h11,14-18,20-22,27,40H,5-10,12-13,19H2,1-4H3,(H,38,41);3-4H,1-2H3;1-2H3/b24-21+,39-25?;4-3-;. The normalized spacial score (nSPS) is 14.2.